The van der Waals surface area contributed by atoms with Crippen molar-refractivity contribution in [2.75, 3.05) is 5.32 Å². The van der Waals surface area contributed by atoms with E-state index in [9.17, 15) is 22.4 Å². The Morgan fingerprint density at radius 1 is 0.769 bits per heavy atom. The summed E-state index contributed by atoms with van der Waals surface area (Å²) in [6.07, 6.45) is 1.49. The van der Waals surface area contributed by atoms with Crippen molar-refractivity contribution in [1.29, 1.82) is 0 Å². The lowest BCUT2D eigenvalue weighted by Gasteiger charge is -2.09. The van der Waals surface area contributed by atoms with Gasteiger partial charge in [-0.2, -0.15) is 18.6 Å². The van der Waals surface area contributed by atoms with E-state index in [1.165, 1.54) is 60.8 Å². The molecule has 0 radical (unpaired) electrons. The van der Waals surface area contributed by atoms with E-state index >= 15 is 0 Å². The summed E-state index contributed by atoms with van der Waals surface area (Å²) in [6.45, 7) is -2.91. The smallest absolute Gasteiger partial charge is 0.387 e. The van der Waals surface area contributed by atoms with Crippen molar-refractivity contribution < 1.29 is 31.8 Å². The Balaban J connectivity index is 1.33. The number of hydrogen-bond donors (Lipinski definition) is 1. The Bertz CT molecular complexity index is 1590. The Kier molecular flexibility index (Phi) is 7.26. The number of hydrogen-bond acceptors (Lipinski definition) is 4. The zero-order chi connectivity index (χ0) is 27.4. The molecule has 0 bridgehead atoms. The highest BCUT2D eigenvalue weighted by atomic mass is 19.3. The Morgan fingerprint density at radius 2 is 1.41 bits per heavy atom. The lowest BCUT2D eigenvalue weighted by Crippen LogP contribution is -2.19. The van der Waals surface area contributed by atoms with Crippen LogP contribution >= 0.6 is 0 Å². The molecule has 10 heteroatoms. The molecule has 0 fully saturated rings. The summed E-state index contributed by atoms with van der Waals surface area (Å²) in [4.78, 5) is 13.0. The third kappa shape index (κ3) is 6.24. The second kappa shape index (κ2) is 11.1. The second-order valence-electron chi connectivity index (χ2n) is 8.26. The van der Waals surface area contributed by atoms with Crippen molar-refractivity contribution in [1.82, 2.24) is 9.78 Å². The van der Waals surface area contributed by atoms with Crippen molar-refractivity contribution in [3.63, 3.8) is 0 Å². The molecular formula is C29H19F4N3O3. The molecule has 0 saturated heterocycles. The molecule has 0 aliphatic carbocycles. The highest BCUT2D eigenvalue weighted by molar-refractivity contribution is 5.92. The van der Waals surface area contributed by atoms with Crippen LogP contribution in [0.25, 0.3) is 22.4 Å². The lowest BCUT2D eigenvalue weighted by atomic mass is 10.0. The van der Waals surface area contributed by atoms with Gasteiger partial charge < -0.3 is 14.8 Å². The maximum atomic E-state index is 13.9. The first-order valence-electron chi connectivity index (χ1n) is 11.6. The molecule has 0 unspecified atom stereocenters. The monoisotopic (exact) mass is 533 g/mol. The highest BCUT2D eigenvalue weighted by Gasteiger charge is 2.17. The Hall–Kier alpha value is -5.12. The minimum absolute atomic E-state index is 0.0113. The van der Waals surface area contributed by atoms with Gasteiger partial charge in [0.2, 0.25) is 0 Å². The number of aromatic nitrogens is 2. The number of rotatable bonds is 7. The Morgan fingerprint density at radius 3 is 2.05 bits per heavy atom. The minimum atomic E-state index is -2.91. The molecule has 1 N–H and O–H groups in total. The van der Waals surface area contributed by atoms with E-state index in [-0.39, 0.29) is 5.75 Å². The van der Waals surface area contributed by atoms with Gasteiger partial charge >= 0.3 is 12.6 Å². The van der Waals surface area contributed by atoms with E-state index in [0.717, 1.165) is 4.68 Å². The average Bonchev–Trinajstić information content (AvgIpc) is 3.37. The van der Waals surface area contributed by atoms with Gasteiger partial charge in [0.25, 0.3) is 0 Å². The van der Waals surface area contributed by atoms with E-state index in [1.807, 2.05) is 0 Å². The van der Waals surface area contributed by atoms with E-state index in [2.05, 4.69) is 15.2 Å². The molecule has 1 heterocycles. The van der Waals surface area contributed by atoms with Crippen molar-refractivity contribution in [2.24, 2.45) is 0 Å². The largest absolute Gasteiger partial charge is 0.457 e. The Labute approximate surface area is 220 Å². The van der Waals surface area contributed by atoms with E-state index in [4.69, 9.17) is 4.74 Å². The number of carbonyl (C=O) groups is 1. The van der Waals surface area contributed by atoms with Crippen LogP contribution in [0.5, 0.6) is 17.2 Å². The lowest BCUT2D eigenvalue weighted by molar-refractivity contribution is -0.0498. The zero-order valence-electron chi connectivity index (χ0n) is 20.0. The van der Waals surface area contributed by atoms with Gasteiger partial charge in [0.05, 0.1) is 0 Å². The molecular weight excluding hydrogens is 514 g/mol. The second-order valence-corrected chi connectivity index (χ2v) is 8.26. The third-order valence-electron chi connectivity index (χ3n) is 5.57. The number of carbonyl (C=O) groups excluding carboxylic acids is 1. The van der Waals surface area contributed by atoms with Gasteiger partial charge in [0.1, 0.15) is 34.6 Å². The van der Waals surface area contributed by atoms with Crippen LogP contribution in [0.2, 0.25) is 0 Å². The van der Waals surface area contributed by atoms with Gasteiger partial charge in [-0.05, 0) is 78.4 Å². The number of alkyl halides is 2. The predicted octanol–water partition coefficient (Wildman–Crippen LogP) is 7.97. The summed E-state index contributed by atoms with van der Waals surface area (Å²) in [5.74, 6) is -0.0143. The van der Waals surface area contributed by atoms with Crippen molar-refractivity contribution in [2.45, 2.75) is 6.61 Å². The van der Waals surface area contributed by atoms with Gasteiger partial charge in [-0.3, -0.25) is 0 Å². The number of benzene rings is 4. The van der Waals surface area contributed by atoms with Gasteiger partial charge in [-0.25, -0.2) is 13.6 Å². The van der Waals surface area contributed by atoms with E-state index < -0.39 is 24.3 Å². The maximum absolute atomic E-state index is 13.9. The number of ether oxygens (including phenoxy) is 2. The van der Waals surface area contributed by atoms with Crippen LogP contribution in [0, 0.1) is 11.6 Å². The maximum Gasteiger partial charge on any atom is 0.387 e. The van der Waals surface area contributed by atoms with Gasteiger partial charge in [-0.1, -0.05) is 24.3 Å². The third-order valence-corrected chi connectivity index (χ3v) is 5.57. The van der Waals surface area contributed by atoms with Crippen LogP contribution < -0.4 is 14.8 Å². The number of amides is 1. The molecule has 1 aromatic heterocycles. The van der Waals surface area contributed by atoms with Gasteiger partial charge in [0.15, 0.2) is 0 Å². The fraction of sp³-hybridized carbons (Fsp3) is 0.0345. The first kappa shape index (κ1) is 25.5. The van der Waals surface area contributed by atoms with Crippen LogP contribution in [-0.2, 0) is 0 Å². The molecule has 4 aromatic carbocycles. The van der Waals surface area contributed by atoms with Crippen molar-refractivity contribution in [3.8, 4) is 39.6 Å². The van der Waals surface area contributed by atoms with Gasteiger partial charge in [0, 0.05) is 23.0 Å². The normalized spacial score (nSPS) is 10.9. The topological polar surface area (TPSA) is 65.4 Å². The van der Waals surface area contributed by atoms with Crippen LogP contribution in [0.1, 0.15) is 0 Å². The first-order valence-corrected chi connectivity index (χ1v) is 11.6. The molecule has 0 aliphatic rings. The minimum Gasteiger partial charge on any atom is -0.457 e. The van der Waals surface area contributed by atoms with Crippen LogP contribution in [0.3, 0.4) is 0 Å². The van der Waals surface area contributed by atoms with Crippen LogP contribution in [0.4, 0.5) is 28.0 Å². The quantitative estimate of drug-likeness (QED) is 0.216. The van der Waals surface area contributed by atoms with Crippen molar-refractivity contribution >= 4 is 11.7 Å². The summed E-state index contributed by atoms with van der Waals surface area (Å²) in [7, 11) is 0. The summed E-state index contributed by atoms with van der Waals surface area (Å²) < 4.78 is 63.1. The molecule has 0 spiro atoms. The zero-order valence-corrected chi connectivity index (χ0v) is 20.0. The van der Waals surface area contributed by atoms with E-state index in [1.54, 1.807) is 42.5 Å². The SMILES string of the molecule is O=C(Nc1ccc(Oc2ccc(OC(F)F)cc2)cc1)n1cc(-c2ccc(F)cc2)c(-c2cccc(F)c2)n1. The molecule has 196 valence electrons. The number of nitrogens with one attached hydrogen (secondary N) is 1. The van der Waals surface area contributed by atoms with E-state index in [0.29, 0.717) is 39.6 Å². The summed E-state index contributed by atoms with van der Waals surface area (Å²) in [6, 6.07) is 23.0. The van der Waals surface area contributed by atoms with Crippen LogP contribution in [-0.4, -0.2) is 22.4 Å². The van der Waals surface area contributed by atoms with Gasteiger partial charge in [-0.15, -0.1) is 0 Å². The molecule has 0 aliphatic heterocycles. The fourth-order valence-electron chi connectivity index (χ4n) is 3.78. The predicted molar refractivity (Wildman–Crippen MR) is 137 cm³/mol. The molecule has 6 nitrogen and oxygen atoms in total. The molecule has 0 atom stereocenters. The first-order chi connectivity index (χ1) is 18.8. The summed E-state index contributed by atoms with van der Waals surface area (Å²) in [5, 5.41) is 7.10. The number of anilines is 1. The molecule has 5 rings (SSSR count). The highest BCUT2D eigenvalue weighted by Crippen LogP contribution is 2.32. The number of halogens is 4. The molecule has 1 amide bonds. The van der Waals surface area contributed by atoms with Crippen molar-refractivity contribution in [3.05, 3.63) is 115 Å². The molecule has 39 heavy (non-hydrogen) atoms. The fourth-order valence-corrected chi connectivity index (χ4v) is 3.78. The van der Waals surface area contributed by atoms with Crippen LogP contribution in [0.15, 0.2) is 103 Å². The molecule has 5 aromatic rings. The number of nitrogens with zero attached hydrogens (tertiary/aromatic N) is 2. The molecule has 0 saturated carbocycles. The standard InChI is InChI=1S/C29H19F4N3O3/c30-20-6-4-18(5-7-20)26-17-36(35-27(26)19-2-1-3-21(31)16-19)29(37)34-22-8-10-23(11-9-22)38-24-12-14-25(15-13-24)39-28(32)33/h1-17,28H,(H,34,37). The summed E-state index contributed by atoms with van der Waals surface area (Å²) >= 11 is 0. The average molecular weight is 533 g/mol. The summed E-state index contributed by atoms with van der Waals surface area (Å²) in [5.41, 5.74) is 2.37.